The quantitative estimate of drug-likeness (QED) is 0.792. The molecule has 1 heterocycles. The molecule has 1 aliphatic rings. The predicted molar refractivity (Wildman–Crippen MR) is 112 cm³/mol. The highest BCUT2D eigenvalue weighted by Gasteiger charge is 2.25. The Morgan fingerprint density at radius 3 is 2.48 bits per heavy atom. The molecular weight excluding hydrogens is 332 g/mol. The Morgan fingerprint density at radius 1 is 1.07 bits per heavy atom. The van der Waals surface area contributed by atoms with Crippen LogP contribution in [0.2, 0.25) is 0 Å². The van der Waals surface area contributed by atoms with E-state index in [1.54, 1.807) is 0 Å². The van der Waals surface area contributed by atoms with Crippen LogP contribution in [0.25, 0.3) is 0 Å². The van der Waals surface area contributed by atoms with Crippen LogP contribution in [0.3, 0.4) is 0 Å². The first kappa shape index (κ1) is 19.6. The minimum absolute atomic E-state index is 0.165. The highest BCUT2D eigenvalue weighted by atomic mass is 16.1. The maximum atomic E-state index is 12.6. The summed E-state index contributed by atoms with van der Waals surface area (Å²) in [6.45, 7) is 7.26. The maximum Gasteiger partial charge on any atom is 0.223 e. The van der Waals surface area contributed by atoms with Gasteiger partial charge in [-0.2, -0.15) is 0 Å². The van der Waals surface area contributed by atoms with E-state index in [1.807, 2.05) is 6.07 Å². The lowest BCUT2D eigenvalue weighted by Crippen LogP contribution is -2.43. The van der Waals surface area contributed by atoms with Gasteiger partial charge in [0.1, 0.15) is 0 Å². The molecule has 0 radical (unpaired) electrons. The molecule has 2 aromatic carbocycles. The van der Waals surface area contributed by atoms with Gasteiger partial charge in [-0.1, -0.05) is 60.2 Å². The molecule has 2 aromatic rings. The van der Waals surface area contributed by atoms with Crippen LogP contribution in [-0.2, 0) is 17.8 Å². The van der Waals surface area contributed by atoms with Crippen molar-refractivity contribution in [2.24, 2.45) is 5.92 Å². The molecule has 1 N–H and O–H groups in total. The molecule has 3 nitrogen and oxygen atoms in total. The fourth-order valence-corrected chi connectivity index (χ4v) is 3.88. The third kappa shape index (κ3) is 6.21. The fourth-order valence-electron chi connectivity index (χ4n) is 3.88. The van der Waals surface area contributed by atoms with E-state index in [-0.39, 0.29) is 17.9 Å². The van der Waals surface area contributed by atoms with E-state index < -0.39 is 0 Å². The van der Waals surface area contributed by atoms with Crippen molar-refractivity contribution in [3.05, 3.63) is 71.3 Å². The molecule has 0 aliphatic carbocycles. The van der Waals surface area contributed by atoms with Crippen LogP contribution < -0.4 is 5.32 Å². The smallest absolute Gasteiger partial charge is 0.223 e. The first-order valence-electron chi connectivity index (χ1n) is 10.2. The lowest BCUT2D eigenvalue weighted by molar-refractivity contribution is -0.127. The largest absolute Gasteiger partial charge is 0.353 e. The van der Waals surface area contributed by atoms with E-state index in [4.69, 9.17) is 0 Å². The number of nitrogens with one attached hydrogen (secondary N) is 1. The van der Waals surface area contributed by atoms with E-state index in [1.165, 1.54) is 16.7 Å². The second kappa shape index (κ2) is 9.70. The van der Waals surface area contributed by atoms with Crippen LogP contribution >= 0.6 is 0 Å². The summed E-state index contributed by atoms with van der Waals surface area (Å²) in [4.78, 5) is 15.1. The van der Waals surface area contributed by atoms with Gasteiger partial charge in [-0.05, 0) is 63.7 Å². The Morgan fingerprint density at radius 2 is 1.78 bits per heavy atom. The number of carbonyl (C=O) groups excluding carboxylic acids is 1. The normalized spacial score (nSPS) is 16.8. The maximum absolute atomic E-state index is 12.6. The van der Waals surface area contributed by atoms with E-state index in [9.17, 15) is 4.79 Å². The molecule has 3 rings (SSSR count). The molecule has 144 valence electrons. The predicted octanol–water partition coefficient (Wildman–Crippen LogP) is 4.34. The molecule has 27 heavy (non-hydrogen) atoms. The molecule has 0 aromatic heterocycles. The number of hydrogen-bond donors (Lipinski definition) is 1. The third-order valence-electron chi connectivity index (χ3n) is 5.54. The molecule has 0 bridgehead atoms. The van der Waals surface area contributed by atoms with E-state index in [2.05, 4.69) is 72.6 Å². The van der Waals surface area contributed by atoms with Gasteiger partial charge in [0.15, 0.2) is 0 Å². The summed E-state index contributed by atoms with van der Waals surface area (Å²) in [5.74, 6) is 0.406. The summed E-state index contributed by atoms with van der Waals surface area (Å²) in [7, 11) is 0. The standard InChI is InChI=1S/C24H32N2O/c1-19-7-6-10-22(17-19)18-26-15-13-23(14-16-26)24(27)25-20(2)11-12-21-8-4-3-5-9-21/h3-10,17,20,23H,11-16,18H2,1-2H3,(H,25,27)/t20-/m0/s1. The van der Waals surface area contributed by atoms with Crippen LogP contribution in [0.15, 0.2) is 54.6 Å². The molecule has 1 aliphatic heterocycles. The average Bonchev–Trinajstić information content (AvgIpc) is 2.68. The number of carbonyl (C=O) groups is 1. The van der Waals surface area contributed by atoms with Gasteiger partial charge in [-0.3, -0.25) is 9.69 Å². The first-order chi connectivity index (χ1) is 13.1. The summed E-state index contributed by atoms with van der Waals surface area (Å²) < 4.78 is 0. The van der Waals surface area contributed by atoms with Crippen molar-refractivity contribution in [2.75, 3.05) is 13.1 Å². The lowest BCUT2D eigenvalue weighted by Gasteiger charge is -2.32. The van der Waals surface area contributed by atoms with Gasteiger partial charge in [0.25, 0.3) is 0 Å². The van der Waals surface area contributed by atoms with Gasteiger partial charge >= 0.3 is 0 Å². The molecule has 0 saturated carbocycles. The second-order valence-electron chi connectivity index (χ2n) is 7.97. The number of likely N-dealkylation sites (tertiary alicyclic amines) is 1. The van der Waals surface area contributed by atoms with Crippen molar-refractivity contribution in [1.29, 1.82) is 0 Å². The number of nitrogens with zero attached hydrogens (tertiary/aromatic N) is 1. The number of aryl methyl sites for hydroxylation is 2. The minimum Gasteiger partial charge on any atom is -0.353 e. The molecule has 1 fully saturated rings. The summed E-state index contributed by atoms with van der Waals surface area (Å²) in [6.07, 6.45) is 3.92. The molecule has 0 unspecified atom stereocenters. The van der Waals surface area contributed by atoms with Crippen LogP contribution in [0.1, 0.15) is 42.9 Å². The van der Waals surface area contributed by atoms with Crippen molar-refractivity contribution in [3.8, 4) is 0 Å². The van der Waals surface area contributed by atoms with Crippen LogP contribution in [0.5, 0.6) is 0 Å². The number of hydrogen-bond acceptors (Lipinski definition) is 2. The van der Waals surface area contributed by atoms with Gasteiger partial charge in [0.05, 0.1) is 0 Å². The number of rotatable bonds is 7. The van der Waals surface area contributed by atoms with Crippen molar-refractivity contribution < 1.29 is 4.79 Å². The Bertz CT molecular complexity index is 720. The van der Waals surface area contributed by atoms with Gasteiger partial charge < -0.3 is 5.32 Å². The second-order valence-corrected chi connectivity index (χ2v) is 7.97. The van der Waals surface area contributed by atoms with Gasteiger partial charge in [0, 0.05) is 18.5 Å². The van der Waals surface area contributed by atoms with Crippen molar-refractivity contribution >= 4 is 5.91 Å². The van der Waals surface area contributed by atoms with E-state index in [0.717, 1.165) is 45.3 Å². The van der Waals surface area contributed by atoms with Gasteiger partial charge in [0.2, 0.25) is 5.91 Å². The molecular formula is C24H32N2O. The Kier molecular flexibility index (Phi) is 7.05. The zero-order valence-corrected chi connectivity index (χ0v) is 16.7. The first-order valence-corrected chi connectivity index (χ1v) is 10.2. The molecule has 1 amide bonds. The SMILES string of the molecule is Cc1cccc(CN2CCC(C(=O)N[C@@H](C)CCc3ccccc3)CC2)c1. The average molecular weight is 365 g/mol. The molecule has 1 atom stereocenters. The number of benzene rings is 2. The monoisotopic (exact) mass is 364 g/mol. The number of amides is 1. The Balaban J connectivity index is 1.39. The van der Waals surface area contributed by atoms with Crippen LogP contribution in [0.4, 0.5) is 0 Å². The summed E-state index contributed by atoms with van der Waals surface area (Å²) in [5.41, 5.74) is 4.02. The highest BCUT2D eigenvalue weighted by molar-refractivity contribution is 5.79. The van der Waals surface area contributed by atoms with E-state index >= 15 is 0 Å². The number of piperidine rings is 1. The van der Waals surface area contributed by atoms with Crippen molar-refractivity contribution in [2.45, 2.75) is 52.1 Å². The van der Waals surface area contributed by atoms with Crippen molar-refractivity contribution in [3.63, 3.8) is 0 Å². The molecule has 3 heteroatoms. The van der Waals surface area contributed by atoms with Gasteiger partial charge in [-0.25, -0.2) is 0 Å². The highest BCUT2D eigenvalue weighted by Crippen LogP contribution is 2.20. The van der Waals surface area contributed by atoms with Crippen molar-refractivity contribution in [1.82, 2.24) is 10.2 Å². The van der Waals surface area contributed by atoms with E-state index in [0.29, 0.717) is 0 Å². The topological polar surface area (TPSA) is 32.3 Å². The Labute approximate surface area is 163 Å². The molecule has 1 saturated heterocycles. The molecule has 0 spiro atoms. The van der Waals surface area contributed by atoms with Gasteiger partial charge in [-0.15, -0.1) is 0 Å². The summed E-state index contributed by atoms with van der Waals surface area (Å²) >= 11 is 0. The summed E-state index contributed by atoms with van der Waals surface area (Å²) in [6, 6.07) is 19.4. The lowest BCUT2D eigenvalue weighted by atomic mass is 9.95. The summed E-state index contributed by atoms with van der Waals surface area (Å²) in [5, 5.41) is 3.23. The van der Waals surface area contributed by atoms with Crippen LogP contribution in [-0.4, -0.2) is 29.9 Å². The fraction of sp³-hybridized carbons (Fsp3) is 0.458. The third-order valence-corrected chi connectivity index (χ3v) is 5.54. The zero-order chi connectivity index (χ0) is 19.1. The minimum atomic E-state index is 0.165. The Hall–Kier alpha value is -2.13. The zero-order valence-electron chi connectivity index (χ0n) is 16.7. The van der Waals surface area contributed by atoms with Crippen LogP contribution in [0, 0.1) is 12.8 Å².